The van der Waals surface area contributed by atoms with E-state index in [1.165, 1.54) is 14.2 Å². The van der Waals surface area contributed by atoms with Gasteiger partial charge in [-0.25, -0.2) is 9.18 Å². The molecule has 2 N–H and O–H groups in total. The number of benzene rings is 1. The number of hydrogen-bond acceptors (Lipinski definition) is 4. The number of carboxylic acids is 1. The van der Waals surface area contributed by atoms with Crippen molar-refractivity contribution in [2.45, 2.75) is 12.3 Å². The number of carbonyl (C=O) groups is 1. The summed E-state index contributed by atoms with van der Waals surface area (Å²) >= 11 is 0. The van der Waals surface area contributed by atoms with Crippen molar-refractivity contribution in [1.29, 1.82) is 0 Å². The first-order valence-electron chi connectivity index (χ1n) is 5.97. The van der Waals surface area contributed by atoms with E-state index in [-0.39, 0.29) is 5.70 Å². The van der Waals surface area contributed by atoms with E-state index in [1.54, 1.807) is 0 Å². The van der Waals surface area contributed by atoms with Gasteiger partial charge in [0, 0.05) is 26.8 Å². The van der Waals surface area contributed by atoms with Crippen molar-refractivity contribution in [3.63, 3.8) is 0 Å². The first-order chi connectivity index (χ1) is 9.57. The lowest BCUT2D eigenvalue weighted by atomic mass is 10.1. The SMILES string of the molecule is COC(CF)(OC)/C(=C/C(=O)O)NCc1ccccc1. The van der Waals surface area contributed by atoms with Gasteiger partial charge in [0.1, 0.15) is 6.67 Å². The molecule has 0 spiro atoms. The Hall–Kier alpha value is -1.92. The molecule has 0 aliphatic rings. The van der Waals surface area contributed by atoms with E-state index in [0.29, 0.717) is 6.54 Å². The lowest BCUT2D eigenvalue weighted by Gasteiger charge is -2.30. The van der Waals surface area contributed by atoms with Crippen molar-refractivity contribution in [3.8, 4) is 0 Å². The van der Waals surface area contributed by atoms with Gasteiger partial charge >= 0.3 is 5.97 Å². The van der Waals surface area contributed by atoms with Gasteiger partial charge in [-0.15, -0.1) is 0 Å². The van der Waals surface area contributed by atoms with Crippen LogP contribution in [0.5, 0.6) is 0 Å². The summed E-state index contributed by atoms with van der Waals surface area (Å²) in [5.41, 5.74) is 0.935. The molecule has 110 valence electrons. The third kappa shape index (κ3) is 4.04. The zero-order valence-electron chi connectivity index (χ0n) is 11.4. The molecule has 1 aromatic rings. The van der Waals surface area contributed by atoms with Gasteiger partial charge in [-0.2, -0.15) is 0 Å². The van der Waals surface area contributed by atoms with Crippen LogP contribution in [-0.2, 0) is 20.8 Å². The van der Waals surface area contributed by atoms with Gasteiger partial charge in [0.05, 0.1) is 5.70 Å². The van der Waals surface area contributed by atoms with E-state index in [1.807, 2.05) is 30.3 Å². The molecule has 0 aliphatic carbocycles. The Kier molecular flexibility index (Phi) is 6.14. The van der Waals surface area contributed by atoms with Crippen LogP contribution in [-0.4, -0.2) is 37.8 Å². The second-order valence-electron chi connectivity index (χ2n) is 4.03. The van der Waals surface area contributed by atoms with Crippen LogP contribution >= 0.6 is 0 Å². The first kappa shape index (κ1) is 16.1. The van der Waals surface area contributed by atoms with Crippen LogP contribution in [0, 0.1) is 0 Å². The van der Waals surface area contributed by atoms with Crippen LogP contribution in [0.15, 0.2) is 42.1 Å². The smallest absolute Gasteiger partial charge is 0.330 e. The molecule has 0 radical (unpaired) electrons. The number of methoxy groups -OCH3 is 2. The molecule has 0 heterocycles. The molecule has 1 rings (SSSR count). The zero-order valence-corrected chi connectivity index (χ0v) is 11.4. The summed E-state index contributed by atoms with van der Waals surface area (Å²) in [6, 6.07) is 9.30. The standard InChI is InChI=1S/C14H18FNO4/c1-19-14(10-15,20-2)12(8-13(17)18)16-9-11-6-4-3-5-7-11/h3-8,16H,9-10H2,1-2H3,(H,17,18)/b12-8-. The second-order valence-corrected chi connectivity index (χ2v) is 4.03. The van der Waals surface area contributed by atoms with Gasteiger partial charge in [-0.3, -0.25) is 0 Å². The summed E-state index contributed by atoms with van der Waals surface area (Å²) in [4.78, 5) is 10.9. The van der Waals surface area contributed by atoms with Crippen molar-refractivity contribution in [3.05, 3.63) is 47.7 Å². The Morgan fingerprint density at radius 2 is 1.95 bits per heavy atom. The maximum absolute atomic E-state index is 13.2. The lowest BCUT2D eigenvalue weighted by Crippen LogP contribution is -2.44. The Balaban J connectivity index is 2.93. The molecule has 0 fully saturated rings. The van der Waals surface area contributed by atoms with Crippen LogP contribution in [0.25, 0.3) is 0 Å². The summed E-state index contributed by atoms with van der Waals surface area (Å²) in [5, 5.41) is 11.7. The topological polar surface area (TPSA) is 67.8 Å². The molecular formula is C14H18FNO4. The van der Waals surface area contributed by atoms with Crippen molar-refractivity contribution >= 4 is 5.97 Å². The van der Waals surface area contributed by atoms with Gasteiger partial charge in [-0.05, 0) is 5.56 Å². The highest BCUT2D eigenvalue weighted by Gasteiger charge is 2.35. The third-order valence-electron chi connectivity index (χ3n) is 2.84. The zero-order chi connectivity index (χ0) is 15.0. The van der Waals surface area contributed by atoms with Crippen molar-refractivity contribution in [1.82, 2.24) is 5.32 Å². The molecule has 0 aliphatic heterocycles. The van der Waals surface area contributed by atoms with E-state index in [4.69, 9.17) is 14.6 Å². The van der Waals surface area contributed by atoms with Gasteiger partial charge in [0.2, 0.25) is 5.79 Å². The highest BCUT2D eigenvalue weighted by molar-refractivity contribution is 5.80. The van der Waals surface area contributed by atoms with E-state index in [2.05, 4.69) is 5.32 Å². The number of rotatable bonds is 8. The summed E-state index contributed by atoms with van der Waals surface area (Å²) in [6.45, 7) is -0.685. The maximum atomic E-state index is 13.2. The Morgan fingerprint density at radius 3 is 2.40 bits per heavy atom. The average molecular weight is 283 g/mol. The van der Waals surface area contributed by atoms with E-state index in [0.717, 1.165) is 11.6 Å². The van der Waals surface area contributed by atoms with Crippen LogP contribution < -0.4 is 5.32 Å². The van der Waals surface area contributed by atoms with Gasteiger partial charge < -0.3 is 19.9 Å². The van der Waals surface area contributed by atoms with Crippen molar-refractivity contribution in [2.24, 2.45) is 0 Å². The number of alkyl halides is 1. The number of carboxylic acid groups (broad SMARTS) is 1. The Labute approximate surface area is 117 Å². The number of hydrogen-bond donors (Lipinski definition) is 2. The van der Waals surface area contributed by atoms with Crippen LogP contribution in [0.4, 0.5) is 4.39 Å². The number of halogens is 1. The molecule has 0 aromatic heterocycles. The third-order valence-corrected chi connectivity index (χ3v) is 2.84. The largest absolute Gasteiger partial charge is 0.478 e. The summed E-state index contributed by atoms with van der Waals surface area (Å²) in [7, 11) is 2.51. The molecule has 0 saturated carbocycles. The fourth-order valence-electron chi connectivity index (χ4n) is 1.70. The Morgan fingerprint density at radius 1 is 1.35 bits per heavy atom. The van der Waals surface area contributed by atoms with Crippen LogP contribution in [0.3, 0.4) is 0 Å². The highest BCUT2D eigenvalue weighted by Crippen LogP contribution is 2.21. The van der Waals surface area contributed by atoms with Gasteiger partial charge in [0.25, 0.3) is 0 Å². The molecular weight excluding hydrogens is 265 g/mol. The fourth-order valence-corrected chi connectivity index (χ4v) is 1.70. The van der Waals surface area contributed by atoms with Crippen molar-refractivity contribution < 1.29 is 23.8 Å². The van der Waals surface area contributed by atoms with E-state index < -0.39 is 18.4 Å². The molecule has 6 heteroatoms. The highest BCUT2D eigenvalue weighted by atomic mass is 19.1. The minimum absolute atomic E-state index is 0.0151. The van der Waals surface area contributed by atoms with Crippen LogP contribution in [0.2, 0.25) is 0 Å². The van der Waals surface area contributed by atoms with Crippen molar-refractivity contribution in [2.75, 3.05) is 20.9 Å². The minimum atomic E-state index is -1.74. The van der Waals surface area contributed by atoms with E-state index >= 15 is 0 Å². The monoisotopic (exact) mass is 283 g/mol. The molecule has 5 nitrogen and oxygen atoms in total. The fraction of sp³-hybridized carbons (Fsp3) is 0.357. The second kappa shape index (κ2) is 7.62. The maximum Gasteiger partial charge on any atom is 0.330 e. The molecule has 0 saturated heterocycles. The van der Waals surface area contributed by atoms with Gasteiger partial charge in [-0.1, -0.05) is 30.3 Å². The number of ether oxygens (including phenoxy) is 2. The first-order valence-corrected chi connectivity index (χ1v) is 5.97. The molecule has 1 aromatic carbocycles. The molecule has 0 bridgehead atoms. The van der Waals surface area contributed by atoms with E-state index in [9.17, 15) is 9.18 Å². The molecule has 0 amide bonds. The number of aliphatic carboxylic acids is 1. The summed E-state index contributed by atoms with van der Waals surface area (Å²) in [5.74, 6) is -2.96. The predicted molar refractivity (Wildman–Crippen MR) is 71.7 cm³/mol. The predicted octanol–water partition coefficient (Wildman–Crippen LogP) is 1.70. The molecule has 20 heavy (non-hydrogen) atoms. The average Bonchev–Trinajstić information content (AvgIpc) is 2.47. The quantitative estimate of drug-likeness (QED) is 0.561. The normalized spacial score (nSPS) is 12.2. The minimum Gasteiger partial charge on any atom is -0.478 e. The molecule has 0 unspecified atom stereocenters. The molecule has 0 atom stereocenters. The summed E-state index contributed by atoms with van der Waals surface area (Å²) < 4.78 is 23.2. The lowest BCUT2D eigenvalue weighted by molar-refractivity contribution is -0.191. The van der Waals surface area contributed by atoms with Gasteiger partial charge in [0.15, 0.2) is 0 Å². The Bertz CT molecular complexity index is 449. The van der Waals surface area contributed by atoms with Crippen LogP contribution in [0.1, 0.15) is 5.56 Å². The summed E-state index contributed by atoms with van der Waals surface area (Å²) in [6.07, 6.45) is 0.843. The number of nitrogens with one attached hydrogen (secondary N) is 1.